The van der Waals surface area contributed by atoms with E-state index in [0.29, 0.717) is 6.54 Å². The Hall–Kier alpha value is -2.41. The van der Waals surface area contributed by atoms with Crippen molar-refractivity contribution in [2.45, 2.75) is 63.3 Å². The molecule has 6 nitrogen and oxygen atoms in total. The first-order valence-corrected chi connectivity index (χ1v) is 11.7. The van der Waals surface area contributed by atoms with Crippen molar-refractivity contribution >= 4 is 5.91 Å². The highest BCUT2D eigenvalue weighted by molar-refractivity contribution is 5.86. The zero-order chi connectivity index (χ0) is 22.5. The minimum absolute atomic E-state index is 0.0438. The van der Waals surface area contributed by atoms with Crippen molar-refractivity contribution in [1.29, 1.82) is 0 Å². The molecule has 3 fully saturated rings. The Kier molecular flexibility index (Phi) is 5.48. The highest BCUT2D eigenvalue weighted by atomic mass is 16.5. The molecule has 3 N–H and O–H groups in total. The normalized spacial score (nSPS) is 30.2. The van der Waals surface area contributed by atoms with Gasteiger partial charge in [0, 0.05) is 24.6 Å². The van der Waals surface area contributed by atoms with E-state index in [0.717, 1.165) is 30.6 Å². The number of para-hydroxylation sites is 1. The molecule has 1 amide bonds. The molecule has 32 heavy (non-hydrogen) atoms. The number of hydrazine groups is 1. The third kappa shape index (κ3) is 3.70. The van der Waals surface area contributed by atoms with Crippen LogP contribution < -0.4 is 10.9 Å². The van der Waals surface area contributed by atoms with Crippen molar-refractivity contribution in [3.63, 3.8) is 0 Å². The van der Waals surface area contributed by atoms with Crippen molar-refractivity contribution in [1.82, 2.24) is 15.8 Å². The van der Waals surface area contributed by atoms with Crippen LogP contribution in [0.3, 0.4) is 0 Å². The molecule has 0 aliphatic carbocycles. The summed E-state index contributed by atoms with van der Waals surface area (Å²) in [6.07, 6.45) is 2.12. The maximum Gasteiger partial charge on any atom is 0.242 e. The van der Waals surface area contributed by atoms with Gasteiger partial charge in [-0.1, -0.05) is 63.2 Å². The number of phenolic OH excluding ortho intramolecular Hbond substituents is 1. The van der Waals surface area contributed by atoms with E-state index >= 15 is 0 Å². The van der Waals surface area contributed by atoms with E-state index in [9.17, 15) is 9.90 Å². The number of hydrogen-bond acceptors (Lipinski definition) is 5. The van der Waals surface area contributed by atoms with Crippen LogP contribution in [-0.2, 0) is 14.9 Å². The molecule has 3 saturated heterocycles. The maximum absolute atomic E-state index is 13.6. The van der Waals surface area contributed by atoms with Crippen LogP contribution in [0.5, 0.6) is 5.75 Å². The number of phenols is 1. The second-order valence-corrected chi connectivity index (χ2v) is 10.3. The molecule has 5 unspecified atom stereocenters. The maximum atomic E-state index is 13.6. The summed E-state index contributed by atoms with van der Waals surface area (Å²) in [6.45, 7) is 8.00. The molecule has 3 aliphatic rings. The summed E-state index contributed by atoms with van der Waals surface area (Å²) < 4.78 is 5.89. The molecule has 3 heterocycles. The van der Waals surface area contributed by atoms with Crippen LogP contribution >= 0.6 is 0 Å². The predicted molar refractivity (Wildman–Crippen MR) is 123 cm³/mol. The van der Waals surface area contributed by atoms with Gasteiger partial charge in [-0.15, -0.1) is 0 Å². The Morgan fingerprint density at radius 3 is 2.44 bits per heavy atom. The second kappa shape index (κ2) is 8.18. The van der Waals surface area contributed by atoms with E-state index in [-0.39, 0.29) is 47.2 Å². The number of benzene rings is 2. The van der Waals surface area contributed by atoms with Crippen LogP contribution in [-0.4, -0.2) is 41.2 Å². The summed E-state index contributed by atoms with van der Waals surface area (Å²) in [6, 6.07) is 15.5. The van der Waals surface area contributed by atoms with Crippen molar-refractivity contribution < 1.29 is 14.6 Å². The summed E-state index contributed by atoms with van der Waals surface area (Å²) in [4.78, 5) is 15.6. The number of fused-ring (bicyclic) bond motifs is 1. The van der Waals surface area contributed by atoms with Gasteiger partial charge in [0.2, 0.25) is 5.91 Å². The number of rotatable bonds is 4. The van der Waals surface area contributed by atoms with Crippen LogP contribution in [0.4, 0.5) is 0 Å². The van der Waals surface area contributed by atoms with E-state index in [1.165, 1.54) is 5.56 Å². The highest BCUT2D eigenvalue weighted by Gasteiger charge is 2.56. The lowest BCUT2D eigenvalue weighted by Crippen LogP contribution is -2.43. The third-order valence-corrected chi connectivity index (χ3v) is 7.23. The van der Waals surface area contributed by atoms with Crippen molar-refractivity contribution in [3.8, 4) is 5.75 Å². The molecule has 2 aromatic rings. The lowest BCUT2D eigenvalue weighted by atomic mass is 9.81. The Morgan fingerprint density at radius 1 is 1.06 bits per heavy atom. The quantitative estimate of drug-likeness (QED) is 0.685. The first-order chi connectivity index (χ1) is 15.3. The summed E-state index contributed by atoms with van der Waals surface area (Å²) in [5.74, 6) is 0.304. The molecule has 0 bridgehead atoms. The molecule has 170 valence electrons. The van der Waals surface area contributed by atoms with E-state index in [1.54, 1.807) is 6.07 Å². The summed E-state index contributed by atoms with van der Waals surface area (Å²) in [7, 11) is 0. The molecular formula is C26H33N3O3. The van der Waals surface area contributed by atoms with E-state index in [2.05, 4.69) is 55.9 Å². The third-order valence-electron chi connectivity index (χ3n) is 7.23. The van der Waals surface area contributed by atoms with Crippen LogP contribution in [0.15, 0.2) is 48.5 Å². The Labute approximate surface area is 189 Å². The van der Waals surface area contributed by atoms with Crippen LogP contribution in [0.25, 0.3) is 0 Å². The zero-order valence-electron chi connectivity index (χ0n) is 19.0. The van der Waals surface area contributed by atoms with Gasteiger partial charge in [0.1, 0.15) is 11.8 Å². The average molecular weight is 436 g/mol. The molecule has 5 atom stereocenters. The number of ether oxygens (including phenoxy) is 1. The van der Waals surface area contributed by atoms with Gasteiger partial charge >= 0.3 is 0 Å². The van der Waals surface area contributed by atoms with E-state index in [4.69, 9.17) is 4.74 Å². The van der Waals surface area contributed by atoms with Gasteiger partial charge < -0.3 is 14.7 Å². The minimum atomic E-state index is -0.340. The molecule has 0 saturated carbocycles. The minimum Gasteiger partial charge on any atom is -0.508 e. The number of likely N-dealkylation sites (tertiary alicyclic amines) is 1. The standard InChI is InChI=1S/C26H33N3O3/c1-26(2,3)17-12-10-16(11-13-17)24-21-22(19-8-4-5-9-20(19)30)27-28-23(21)25(31)29(24)15-18-7-6-14-32-18/h4-5,8-13,18,21-24,27-28,30H,6-7,14-15H2,1-3H3. The van der Waals surface area contributed by atoms with Gasteiger partial charge in [-0.25, -0.2) is 10.9 Å². The van der Waals surface area contributed by atoms with Crippen LogP contribution in [0.1, 0.15) is 62.4 Å². The molecule has 6 heteroatoms. The fourth-order valence-electron chi connectivity index (χ4n) is 5.51. The SMILES string of the molecule is CC(C)(C)c1ccc(C2C3C(NNC3c3ccccc3O)C(=O)N2CC2CCCO2)cc1. The summed E-state index contributed by atoms with van der Waals surface area (Å²) in [5.41, 5.74) is 9.83. The monoisotopic (exact) mass is 435 g/mol. The van der Waals surface area contributed by atoms with Gasteiger partial charge in [0.25, 0.3) is 0 Å². The van der Waals surface area contributed by atoms with Gasteiger partial charge in [0.05, 0.1) is 18.2 Å². The van der Waals surface area contributed by atoms with E-state index < -0.39 is 0 Å². The number of hydrogen-bond donors (Lipinski definition) is 3. The first-order valence-electron chi connectivity index (χ1n) is 11.7. The largest absolute Gasteiger partial charge is 0.508 e. The Balaban J connectivity index is 1.54. The second-order valence-electron chi connectivity index (χ2n) is 10.3. The Bertz CT molecular complexity index is 979. The van der Waals surface area contributed by atoms with Crippen molar-refractivity contribution in [2.24, 2.45) is 5.92 Å². The smallest absolute Gasteiger partial charge is 0.242 e. The predicted octanol–water partition coefficient (Wildman–Crippen LogP) is 3.59. The summed E-state index contributed by atoms with van der Waals surface area (Å²) in [5, 5.41) is 10.5. The van der Waals surface area contributed by atoms with Crippen molar-refractivity contribution in [2.75, 3.05) is 13.2 Å². The van der Waals surface area contributed by atoms with Gasteiger partial charge in [-0.3, -0.25) is 4.79 Å². The fourth-order valence-corrected chi connectivity index (χ4v) is 5.51. The molecule has 0 spiro atoms. The highest BCUT2D eigenvalue weighted by Crippen LogP contribution is 2.49. The molecule has 2 aromatic carbocycles. The van der Waals surface area contributed by atoms with Crippen LogP contribution in [0.2, 0.25) is 0 Å². The van der Waals surface area contributed by atoms with Crippen LogP contribution in [0, 0.1) is 5.92 Å². The number of carbonyl (C=O) groups excluding carboxylic acids is 1. The first kappa shape index (κ1) is 21.4. The zero-order valence-corrected chi connectivity index (χ0v) is 19.0. The van der Waals surface area contributed by atoms with Gasteiger partial charge in [-0.05, 0) is 35.4 Å². The molecule has 5 rings (SSSR count). The molecule has 0 radical (unpaired) electrons. The lowest BCUT2D eigenvalue weighted by molar-refractivity contribution is -0.132. The lowest BCUT2D eigenvalue weighted by Gasteiger charge is -2.33. The molecule has 0 aromatic heterocycles. The van der Waals surface area contributed by atoms with Crippen molar-refractivity contribution in [3.05, 3.63) is 65.2 Å². The number of amides is 1. The number of aromatic hydroxyl groups is 1. The van der Waals surface area contributed by atoms with Gasteiger partial charge in [-0.2, -0.15) is 0 Å². The fraction of sp³-hybridized carbons (Fsp3) is 0.500. The number of nitrogens with one attached hydrogen (secondary N) is 2. The molecular weight excluding hydrogens is 402 g/mol. The van der Waals surface area contributed by atoms with Gasteiger partial charge in [0.15, 0.2) is 0 Å². The summed E-state index contributed by atoms with van der Waals surface area (Å²) >= 11 is 0. The molecule has 3 aliphatic heterocycles. The Morgan fingerprint density at radius 2 is 1.78 bits per heavy atom. The number of carbonyl (C=O) groups is 1. The number of nitrogens with zero attached hydrogens (tertiary/aromatic N) is 1. The van der Waals surface area contributed by atoms with E-state index in [1.807, 2.05) is 23.1 Å². The average Bonchev–Trinajstić information content (AvgIpc) is 3.48. The topological polar surface area (TPSA) is 73.8 Å².